The van der Waals surface area contributed by atoms with Crippen molar-refractivity contribution in [1.29, 1.82) is 0 Å². The quantitative estimate of drug-likeness (QED) is 0.668. The van der Waals surface area contributed by atoms with Gasteiger partial charge in [0.05, 0.1) is 17.9 Å². The zero-order valence-electron chi connectivity index (χ0n) is 16.5. The molecule has 2 aromatic rings. The summed E-state index contributed by atoms with van der Waals surface area (Å²) in [6, 6.07) is 13.8. The molecule has 2 rings (SSSR count). The third-order valence-corrected chi connectivity index (χ3v) is 3.75. The number of carbonyl (C=O) groups excluding carboxylic acids is 2. The molecule has 2 aromatic carbocycles. The highest BCUT2D eigenvalue weighted by Gasteiger charge is 2.18. The van der Waals surface area contributed by atoms with E-state index in [1.54, 1.807) is 48.5 Å². The van der Waals surface area contributed by atoms with E-state index < -0.39 is 0 Å². The molecule has 0 spiro atoms. The minimum atomic E-state index is -0.371. The van der Waals surface area contributed by atoms with E-state index in [0.717, 1.165) is 0 Å². The predicted octanol–water partition coefficient (Wildman–Crippen LogP) is 3.74. The molecule has 0 saturated carbocycles. The van der Waals surface area contributed by atoms with E-state index in [-0.39, 0.29) is 22.5 Å². The summed E-state index contributed by atoms with van der Waals surface area (Å²) in [5.74, 6) is 0.0167. The lowest BCUT2D eigenvalue weighted by Gasteiger charge is -2.21. The van der Waals surface area contributed by atoms with Crippen LogP contribution in [-0.2, 0) is 0 Å². The van der Waals surface area contributed by atoms with Crippen LogP contribution in [0.15, 0.2) is 48.5 Å². The molecule has 0 aliphatic carbocycles. The van der Waals surface area contributed by atoms with Gasteiger partial charge in [-0.15, -0.1) is 0 Å². The first kappa shape index (κ1) is 21.4. The first-order chi connectivity index (χ1) is 13.2. The Morgan fingerprint density at radius 1 is 1.04 bits per heavy atom. The number of thiocarbonyl (C=S) groups is 1. The van der Waals surface area contributed by atoms with Crippen molar-refractivity contribution in [2.45, 2.75) is 33.2 Å². The van der Waals surface area contributed by atoms with E-state index in [9.17, 15) is 9.59 Å². The Bertz CT molecular complexity index is 875. The van der Waals surface area contributed by atoms with Gasteiger partial charge in [0, 0.05) is 11.1 Å². The van der Waals surface area contributed by atoms with Crippen LogP contribution in [0, 0.1) is 0 Å². The van der Waals surface area contributed by atoms with Crippen molar-refractivity contribution in [2.24, 2.45) is 0 Å². The van der Waals surface area contributed by atoms with Gasteiger partial charge < -0.3 is 15.4 Å². The Morgan fingerprint density at radius 3 is 2.43 bits per heavy atom. The molecule has 0 fully saturated rings. The maximum atomic E-state index is 12.5. The molecule has 148 valence electrons. The van der Waals surface area contributed by atoms with Crippen molar-refractivity contribution in [2.75, 3.05) is 11.9 Å². The van der Waals surface area contributed by atoms with Gasteiger partial charge in [0.25, 0.3) is 11.8 Å². The van der Waals surface area contributed by atoms with Gasteiger partial charge in [-0.2, -0.15) is 0 Å². The van der Waals surface area contributed by atoms with Crippen LogP contribution in [0.25, 0.3) is 0 Å². The molecule has 2 amide bonds. The molecule has 0 aliphatic rings. The first-order valence-corrected chi connectivity index (χ1v) is 9.37. The SMILES string of the molecule is CCOc1cccc(C(=O)NC(=S)Nc2ccccc2C(=O)NC(C)(C)C)c1. The normalized spacial score (nSPS) is 10.7. The van der Waals surface area contributed by atoms with E-state index in [0.29, 0.717) is 29.2 Å². The highest BCUT2D eigenvalue weighted by atomic mass is 32.1. The average Bonchev–Trinajstić information content (AvgIpc) is 2.61. The Hall–Kier alpha value is -2.93. The summed E-state index contributed by atoms with van der Waals surface area (Å²) < 4.78 is 5.41. The predicted molar refractivity (Wildman–Crippen MR) is 115 cm³/mol. The number of ether oxygens (including phenoxy) is 1. The van der Waals surface area contributed by atoms with Gasteiger partial charge in [-0.25, -0.2) is 0 Å². The molecule has 0 saturated heterocycles. The number of nitrogens with one attached hydrogen (secondary N) is 3. The molecular formula is C21H25N3O3S. The molecule has 7 heteroatoms. The van der Waals surface area contributed by atoms with Crippen molar-refractivity contribution in [3.05, 3.63) is 59.7 Å². The smallest absolute Gasteiger partial charge is 0.257 e. The van der Waals surface area contributed by atoms with Crippen LogP contribution in [0.4, 0.5) is 5.69 Å². The van der Waals surface area contributed by atoms with E-state index in [4.69, 9.17) is 17.0 Å². The van der Waals surface area contributed by atoms with Crippen LogP contribution in [-0.4, -0.2) is 29.1 Å². The Morgan fingerprint density at radius 2 is 1.75 bits per heavy atom. The molecule has 0 aliphatic heterocycles. The Kier molecular flexibility index (Phi) is 7.12. The third kappa shape index (κ3) is 6.35. The minimum Gasteiger partial charge on any atom is -0.494 e. The second-order valence-electron chi connectivity index (χ2n) is 7.12. The molecule has 0 radical (unpaired) electrons. The zero-order chi connectivity index (χ0) is 20.7. The van der Waals surface area contributed by atoms with Gasteiger partial charge in [0.15, 0.2) is 5.11 Å². The summed E-state index contributed by atoms with van der Waals surface area (Å²) in [4.78, 5) is 24.9. The monoisotopic (exact) mass is 399 g/mol. The van der Waals surface area contributed by atoms with E-state index >= 15 is 0 Å². The number of hydrogen-bond donors (Lipinski definition) is 3. The third-order valence-electron chi connectivity index (χ3n) is 3.54. The standard InChI is InChI=1S/C21H25N3O3S/c1-5-27-15-10-8-9-14(13-15)18(25)23-20(28)22-17-12-7-6-11-16(17)19(26)24-21(2,3)4/h6-13H,5H2,1-4H3,(H,24,26)(H2,22,23,25,28). The van der Waals surface area contributed by atoms with Gasteiger partial charge >= 0.3 is 0 Å². The van der Waals surface area contributed by atoms with Crippen molar-refractivity contribution in [1.82, 2.24) is 10.6 Å². The minimum absolute atomic E-state index is 0.0998. The van der Waals surface area contributed by atoms with Gasteiger partial charge in [0.1, 0.15) is 5.75 Å². The summed E-state index contributed by atoms with van der Waals surface area (Å²) in [6.07, 6.45) is 0. The van der Waals surface area contributed by atoms with Crippen LogP contribution in [0.2, 0.25) is 0 Å². The highest BCUT2D eigenvalue weighted by Crippen LogP contribution is 2.17. The number of rotatable bonds is 5. The Labute approximate surface area is 170 Å². The van der Waals surface area contributed by atoms with Gasteiger partial charge in [-0.3, -0.25) is 14.9 Å². The van der Waals surface area contributed by atoms with Crippen LogP contribution in [0.3, 0.4) is 0 Å². The fourth-order valence-corrected chi connectivity index (χ4v) is 2.62. The molecule has 0 aromatic heterocycles. The van der Waals surface area contributed by atoms with Gasteiger partial charge in [-0.05, 0) is 70.2 Å². The number of para-hydroxylation sites is 1. The number of carbonyl (C=O) groups is 2. The highest BCUT2D eigenvalue weighted by molar-refractivity contribution is 7.80. The molecule has 0 atom stereocenters. The molecule has 28 heavy (non-hydrogen) atoms. The van der Waals surface area contributed by atoms with Crippen molar-refractivity contribution < 1.29 is 14.3 Å². The van der Waals surface area contributed by atoms with Crippen molar-refractivity contribution in [3.63, 3.8) is 0 Å². The lowest BCUT2D eigenvalue weighted by molar-refractivity contribution is 0.0919. The molecule has 6 nitrogen and oxygen atoms in total. The topological polar surface area (TPSA) is 79.5 Å². The summed E-state index contributed by atoms with van der Waals surface area (Å²) >= 11 is 5.25. The van der Waals surface area contributed by atoms with Crippen LogP contribution in [0.5, 0.6) is 5.75 Å². The van der Waals surface area contributed by atoms with E-state index in [1.807, 2.05) is 27.7 Å². The Balaban J connectivity index is 2.08. The zero-order valence-corrected chi connectivity index (χ0v) is 17.3. The van der Waals surface area contributed by atoms with Crippen LogP contribution in [0.1, 0.15) is 48.4 Å². The lowest BCUT2D eigenvalue weighted by atomic mass is 10.1. The number of anilines is 1. The molecule has 0 bridgehead atoms. The fraction of sp³-hybridized carbons (Fsp3) is 0.286. The number of benzene rings is 2. The summed E-state index contributed by atoms with van der Waals surface area (Å²) in [7, 11) is 0. The lowest BCUT2D eigenvalue weighted by Crippen LogP contribution is -2.41. The maximum Gasteiger partial charge on any atom is 0.257 e. The number of amides is 2. The molecule has 3 N–H and O–H groups in total. The average molecular weight is 400 g/mol. The summed E-state index contributed by atoms with van der Waals surface area (Å²) in [5, 5.41) is 8.56. The first-order valence-electron chi connectivity index (χ1n) is 8.96. The van der Waals surface area contributed by atoms with Crippen LogP contribution < -0.4 is 20.7 Å². The maximum absolute atomic E-state index is 12.5. The second-order valence-corrected chi connectivity index (χ2v) is 7.53. The number of hydrogen-bond acceptors (Lipinski definition) is 4. The molecular weight excluding hydrogens is 374 g/mol. The summed E-state index contributed by atoms with van der Waals surface area (Å²) in [5.41, 5.74) is 1.00. The second kappa shape index (κ2) is 9.32. The van der Waals surface area contributed by atoms with E-state index in [1.165, 1.54) is 0 Å². The largest absolute Gasteiger partial charge is 0.494 e. The summed E-state index contributed by atoms with van der Waals surface area (Å²) in [6.45, 7) is 8.10. The van der Waals surface area contributed by atoms with E-state index in [2.05, 4.69) is 16.0 Å². The molecule has 0 heterocycles. The van der Waals surface area contributed by atoms with Crippen molar-refractivity contribution >= 4 is 34.8 Å². The van der Waals surface area contributed by atoms with Gasteiger partial charge in [0.2, 0.25) is 0 Å². The van der Waals surface area contributed by atoms with Gasteiger partial charge in [-0.1, -0.05) is 18.2 Å². The van der Waals surface area contributed by atoms with Crippen molar-refractivity contribution in [3.8, 4) is 5.75 Å². The van der Waals surface area contributed by atoms with Crippen LogP contribution >= 0.6 is 12.2 Å². The fourth-order valence-electron chi connectivity index (χ4n) is 2.42. The molecule has 0 unspecified atom stereocenters.